The van der Waals surface area contributed by atoms with E-state index in [1.807, 2.05) is 67.4 Å². The van der Waals surface area contributed by atoms with E-state index in [1.165, 1.54) is 11.3 Å². The molecule has 0 bridgehead atoms. The van der Waals surface area contributed by atoms with Gasteiger partial charge in [-0.1, -0.05) is 18.2 Å². The monoisotopic (exact) mass is 339 g/mol. The first-order chi connectivity index (χ1) is 11.5. The lowest BCUT2D eigenvalue weighted by Crippen LogP contribution is -2.26. The van der Waals surface area contributed by atoms with Crippen molar-refractivity contribution in [3.63, 3.8) is 0 Å². The van der Waals surface area contributed by atoms with Crippen LogP contribution in [0.3, 0.4) is 0 Å². The lowest BCUT2D eigenvalue weighted by atomic mass is 10.1. The number of nitrogens with zero attached hydrogens (tertiary/aromatic N) is 3. The largest absolute Gasteiger partial charge is 0.337 e. The molecule has 0 fully saturated rings. The maximum Gasteiger partial charge on any atom is 0.264 e. The summed E-state index contributed by atoms with van der Waals surface area (Å²) in [5.74, 6) is 0.0637. The van der Waals surface area contributed by atoms with Gasteiger partial charge < -0.3 is 4.90 Å². The second kappa shape index (κ2) is 6.61. The summed E-state index contributed by atoms with van der Waals surface area (Å²) in [5, 5.41) is 6.61. The van der Waals surface area contributed by atoms with E-state index in [-0.39, 0.29) is 5.91 Å². The van der Waals surface area contributed by atoms with Crippen molar-refractivity contribution in [1.29, 1.82) is 0 Å². The van der Waals surface area contributed by atoms with E-state index in [9.17, 15) is 4.79 Å². The number of hydrogen-bond donors (Lipinski definition) is 0. The van der Waals surface area contributed by atoms with Crippen LogP contribution in [0, 0.1) is 20.8 Å². The van der Waals surface area contributed by atoms with E-state index < -0.39 is 0 Å². The predicted molar refractivity (Wildman–Crippen MR) is 97.9 cm³/mol. The SMILES string of the molecule is Cc1ccsc1C(=O)N(C)Cc1c(C)nn(-c2ccccc2)c1C. The van der Waals surface area contributed by atoms with E-state index >= 15 is 0 Å². The number of aryl methyl sites for hydroxylation is 2. The Morgan fingerprint density at radius 1 is 1.17 bits per heavy atom. The van der Waals surface area contributed by atoms with Crippen LogP contribution in [0.1, 0.15) is 32.2 Å². The molecule has 0 spiro atoms. The van der Waals surface area contributed by atoms with Crippen LogP contribution in [0.25, 0.3) is 5.69 Å². The molecule has 2 heterocycles. The minimum atomic E-state index is 0.0637. The Morgan fingerprint density at radius 3 is 2.50 bits per heavy atom. The van der Waals surface area contributed by atoms with Gasteiger partial charge in [-0.2, -0.15) is 5.10 Å². The van der Waals surface area contributed by atoms with Gasteiger partial charge in [0.05, 0.1) is 16.3 Å². The standard InChI is InChI=1S/C19H21N3OS/c1-13-10-11-24-18(13)19(23)21(4)12-17-14(2)20-22(15(17)3)16-8-6-5-7-9-16/h5-11H,12H2,1-4H3. The third-order valence-corrected chi connectivity index (χ3v) is 5.24. The Balaban J connectivity index is 1.87. The second-order valence-electron chi connectivity index (χ2n) is 5.99. The molecule has 4 nitrogen and oxygen atoms in total. The summed E-state index contributed by atoms with van der Waals surface area (Å²) in [4.78, 5) is 15.2. The molecule has 124 valence electrons. The van der Waals surface area contributed by atoms with Crippen LogP contribution in [-0.4, -0.2) is 27.6 Å². The average Bonchev–Trinajstić information content (AvgIpc) is 3.13. The van der Waals surface area contributed by atoms with Crippen molar-refractivity contribution < 1.29 is 4.79 Å². The van der Waals surface area contributed by atoms with E-state index in [0.29, 0.717) is 6.54 Å². The van der Waals surface area contributed by atoms with Gasteiger partial charge in [-0.05, 0) is 49.9 Å². The lowest BCUT2D eigenvalue weighted by Gasteiger charge is -2.17. The minimum absolute atomic E-state index is 0.0637. The van der Waals surface area contributed by atoms with Gasteiger partial charge in [0.2, 0.25) is 0 Å². The van der Waals surface area contributed by atoms with Gasteiger partial charge in [0.15, 0.2) is 0 Å². The van der Waals surface area contributed by atoms with Crippen LogP contribution in [0.15, 0.2) is 41.8 Å². The summed E-state index contributed by atoms with van der Waals surface area (Å²) in [6, 6.07) is 12.0. The molecule has 0 unspecified atom stereocenters. The van der Waals surface area contributed by atoms with Crippen molar-refractivity contribution in [2.75, 3.05) is 7.05 Å². The molecule has 0 radical (unpaired) electrons. The predicted octanol–water partition coefficient (Wildman–Crippen LogP) is 4.13. The molecule has 2 aromatic heterocycles. The van der Waals surface area contributed by atoms with Crippen LogP contribution in [0.2, 0.25) is 0 Å². The van der Waals surface area contributed by atoms with Gasteiger partial charge in [0, 0.05) is 24.8 Å². The van der Waals surface area contributed by atoms with Crippen molar-refractivity contribution >= 4 is 17.2 Å². The van der Waals surface area contributed by atoms with E-state index in [4.69, 9.17) is 0 Å². The number of amides is 1. The lowest BCUT2D eigenvalue weighted by molar-refractivity contribution is 0.0789. The molecule has 0 aliphatic rings. The molecule has 0 N–H and O–H groups in total. The summed E-state index contributed by atoms with van der Waals surface area (Å²) < 4.78 is 1.94. The molecular weight excluding hydrogens is 318 g/mol. The van der Waals surface area contributed by atoms with Gasteiger partial charge in [-0.3, -0.25) is 4.79 Å². The van der Waals surface area contributed by atoms with Crippen molar-refractivity contribution in [2.24, 2.45) is 0 Å². The maximum absolute atomic E-state index is 12.6. The molecule has 24 heavy (non-hydrogen) atoms. The Labute approximate surface area is 146 Å². The molecule has 1 amide bonds. The molecule has 0 atom stereocenters. The number of hydrogen-bond acceptors (Lipinski definition) is 3. The number of carbonyl (C=O) groups is 1. The van der Waals surface area contributed by atoms with Crippen molar-refractivity contribution in [3.05, 3.63) is 69.2 Å². The van der Waals surface area contributed by atoms with E-state index in [2.05, 4.69) is 12.0 Å². The van der Waals surface area contributed by atoms with Crippen LogP contribution in [0.5, 0.6) is 0 Å². The molecule has 5 heteroatoms. The fourth-order valence-corrected chi connectivity index (χ4v) is 3.72. The first kappa shape index (κ1) is 16.5. The molecule has 0 saturated carbocycles. The zero-order valence-electron chi connectivity index (χ0n) is 14.4. The highest BCUT2D eigenvalue weighted by Gasteiger charge is 2.19. The molecule has 0 saturated heterocycles. The van der Waals surface area contributed by atoms with Gasteiger partial charge in [-0.25, -0.2) is 4.68 Å². The minimum Gasteiger partial charge on any atom is -0.337 e. The molecule has 1 aromatic carbocycles. The third-order valence-electron chi connectivity index (χ3n) is 4.24. The average molecular weight is 339 g/mol. The zero-order valence-corrected chi connectivity index (χ0v) is 15.2. The van der Waals surface area contributed by atoms with Crippen LogP contribution in [-0.2, 0) is 6.54 Å². The summed E-state index contributed by atoms with van der Waals surface area (Å²) in [6.45, 7) is 6.58. The number of benzene rings is 1. The number of aromatic nitrogens is 2. The Kier molecular flexibility index (Phi) is 4.53. The number of rotatable bonds is 4. The molecule has 3 rings (SSSR count). The zero-order chi connectivity index (χ0) is 17.3. The number of carbonyl (C=O) groups excluding carboxylic acids is 1. The molecular formula is C19H21N3OS. The van der Waals surface area contributed by atoms with E-state index in [1.54, 1.807) is 4.90 Å². The summed E-state index contributed by atoms with van der Waals surface area (Å²) >= 11 is 1.49. The first-order valence-corrected chi connectivity index (χ1v) is 8.77. The van der Waals surface area contributed by atoms with Crippen LogP contribution < -0.4 is 0 Å². The summed E-state index contributed by atoms with van der Waals surface area (Å²) in [6.07, 6.45) is 0. The Bertz CT molecular complexity index is 864. The van der Waals surface area contributed by atoms with Gasteiger partial charge in [-0.15, -0.1) is 11.3 Å². The molecule has 0 aliphatic heterocycles. The van der Waals surface area contributed by atoms with Crippen LogP contribution >= 0.6 is 11.3 Å². The highest BCUT2D eigenvalue weighted by molar-refractivity contribution is 7.12. The molecule has 3 aromatic rings. The second-order valence-corrected chi connectivity index (χ2v) is 6.91. The first-order valence-electron chi connectivity index (χ1n) is 7.89. The topological polar surface area (TPSA) is 38.1 Å². The van der Waals surface area contributed by atoms with Gasteiger partial charge in [0.25, 0.3) is 5.91 Å². The molecule has 0 aliphatic carbocycles. The number of thiophene rings is 1. The fourth-order valence-electron chi connectivity index (χ4n) is 2.80. The number of para-hydroxylation sites is 1. The van der Waals surface area contributed by atoms with Gasteiger partial charge >= 0.3 is 0 Å². The highest BCUT2D eigenvalue weighted by Crippen LogP contribution is 2.22. The fraction of sp³-hybridized carbons (Fsp3) is 0.263. The quantitative estimate of drug-likeness (QED) is 0.717. The summed E-state index contributed by atoms with van der Waals surface area (Å²) in [5.41, 5.74) is 5.20. The van der Waals surface area contributed by atoms with Crippen molar-refractivity contribution in [3.8, 4) is 5.69 Å². The normalized spacial score (nSPS) is 10.8. The Hall–Kier alpha value is -2.40. The Morgan fingerprint density at radius 2 is 1.88 bits per heavy atom. The van der Waals surface area contributed by atoms with Gasteiger partial charge in [0.1, 0.15) is 0 Å². The highest BCUT2D eigenvalue weighted by atomic mass is 32.1. The third kappa shape index (κ3) is 2.99. The maximum atomic E-state index is 12.6. The smallest absolute Gasteiger partial charge is 0.264 e. The van der Waals surface area contributed by atoms with E-state index in [0.717, 1.165) is 33.1 Å². The summed E-state index contributed by atoms with van der Waals surface area (Å²) in [7, 11) is 1.85. The van der Waals surface area contributed by atoms with Crippen LogP contribution in [0.4, 0.5) is 0 Å². The van der Waals surface area contributed by atoms with Crippen molar-refractivity contribution in [1.82, 2.24) is 14.7 Å². The van der Waals surface area contributed by atoms with Crippen molar-refractivity contribution in [2.45, 2.75) is 27.3 Å².